The number of rotatable bonds is 8. The van der Waals surface area contributed by atoms with Crippen molar-refractivity contribution in [3.63, 3.8) is 0 Å². The Morgan fingerprint density at radius 2 is 1.72 bits per heavy atom. The highest BCUT2D eigenvalue weighted by molar-refractivity contribution is 7.20. The molecule has 1 aromatic heterocycles. The van der Waals surface area contributed by atoms with Gasteiger partial charge < -0.3 is 0 Å². The molecule has 0 nitrogen and oxygen atoms in total. The topological polar surface area (TPSA) is 0 Å². The second-order valence-corrected chi connectivity index (χ2v) is 10.1. The van der Waals surface area contributed by atoms with Crippen molar-refractivity contribution in [3.05, 3.63) is 103 Å². The van der Waals surface area contributed by atoms with E-state index in [0.29, 0.717) is 4.34 Å². The minimum absolute atomic E-state index is 0.716. The summed E-state index contributed by atoms with van der Waals surface area (Å²) in [5, 5.41) is 0. The zero-order valence-corrected chi connectivity index (χ0v) is 21.5. The molecular weight excluding hydrogens is 451 g/mol. The van der Waals surface area contributed by atoms with E-state index >= 15 is 0 Å². The van der Waals surface area contributed by atoms with Gasteiger partial charge in [-0.3, -0.25) is 0 Å². The number of hydrogen-bond donors (Lipinski definition) is 0. The molecule has 0 unspecified atom stereocenters. The van der Waals surface area contributed by atoms with Gasteiger partial charge in [0, 0.05) is 5.56 Å². The third-order valence-electron chi connectivity index (χ3n) is 5.54. The lowest BCUT2D eigenvalue weighted by molar-refractivity contribution is 0.919. The Hall–Kier alpha value is -2.06. The normalized spacial score (nSPS) is 13.0. The molecule has 3 rings (SSSR count). The van der Waals surface area contributed by atoms with Crippen LogP contribution >= 0.6 is 34.5 Å². The first kappa shape index (κ1) is 24.6. The van der Waals surface area contributed by atoms with Crippen LogP contribution in [0.15, 0.2) is 66.2 Å². The van der Waals surface area contributed by atoms with Gasteiger partial charge in [0.1, 0.15) is 4.34 Å². The Morgan fingerprint density at radius 1 is 1.00 bits per heavy atom. The predicted molar refractivity (Wildman–Crippen MR) is 147 cm³/mol. The van der Waals surface area contributed by atoms with Crippen LogP contribution in [0.4, 0.5) is 0 Å². The highest BCUT2D eigenvalue weighted by Gasteiger charge is 2.17. The Morgan fingerprint density at radius 3 is 2.31 bits per heavy atom. The fourth-order valence-corrected chi connectivity index (χ4v) is 5.64. The van der Waals surface area contributed by atoms with E-state index in [1.165, 1.54) is 50.3 Å². The minimum Gasteiger partial charge on any atom is -0.111 e. The first-order chi connectivity index (χ1) is 15.5. The van der Waals surface area contributed by atoms with Crippen LogP contribution in [0.1, 0.15) is 68.4 Å². The van der Waals surface area contributed by atoms with E-state index in [9.17, 15) is 0 Å². The van der Waals surface area contributed by atoms with Gasteiger partial charge in [0.2, 0.25) is 0 Å². The molecule has 0 aliphatic rings. The lowest BCUT2D eigenvalue weighted by atomic mass is 9.87. The number of allylic oxidation sites excluding steroid dienone is 4. The van der Waals surface area contributed by atoms with Crippen LogP contribution in [-0.2, 0) is 6.42 Å². The van der Waals surface area contributed by atoms with Crippen molar-refractivity contribution in [2.24, 2.45) is 0 Å². The van der Waals surface area contributed by atoms with Crippen LogP contribution in [0, 0.1) is 0 Å². The molecule has 0 saturated heterocycles. The van der Waals surface area contributed by atoms with Crippen molar-refractivity contribution >= 4 is 57.8 Å². The molecule has 0 radical (unpaired) electrons. The van der Waals surface area contributed by atoms with E-state index in [4.69, 9.17) is 23.2 Å². The van der Waals surface area contributed by atoms with Gasteiger partial charge in [-0.15, -0.1) is 11.3 Å². The molecule has 2 aromatic carbocycles. The molecular formula is C29H30Cl2S. The molecule has 3 aromatic rings. The van der Waals surface area contributed by atoms with Crippen molar-refractivity contribution in [3.8, 4) is 0 Å². The van der Waals surface area contributed by atoms with Gasteiger partial charge >= 0.3 is 0 Å². The van der Waals surface area contributed by atoms with Crippen LogP contribution < -0.4 is 0 Å². The van der Waals surface area contributed by atoms with Gasteiger partial charge in [0.15, 0.2) is 0 Å². The van der Waals surface area contributed by atoms with Gasteiger partial charge in [0.05, 0.1) is 4.34 Å². The summed E-state index contributed by atoms with van der Waals surface area (Å²) in [5.41, 5.74) is 9.75. The summed E-state index contributed by atoms with van der Waals surface area (Å²) in [7, 11) is 0. The zero-order chi connectivity index (χ0) is 23.1. The van der Waals surface area contributed by atoms with E-state index < -0.39 is 0 Å². The van der Waals surface area contributed by atoms with Crippen LogP contribution in [-0.4, -0.2) is 0 Å². The summed E-state index contributed by atoms with van der Waals surface area (Å²) in [6.07, 6.45) is 9.56. The largest absolute Gasteiger partial charge is 0.111 e. The number of halogens is 2. The number of hydrogen-bond acceptors (Lipinski definition) is 1. The second-order valence-electron chi connectivity index (χ2n) is 7.84. The van der Waals surface area contributed by atoms with Crippen molar-refractivity contribution in [2.75, 3.05) is 0 Å². The number of benzene rings is 2. The Bertz CT molecular complexity index is 1140. The standard InChI is InChI=1S/C29H30Cl2S/c1-5-10-21-14-16-23(17-15-21)28(25(7-3)26-19-27(30)32-29(26)31)20(4)18-24-13-9-8-12-22(24)11-6-2/h5,8-10,12-19H,6-7,11H2,1-4H3/b10-5+,20-18+,28-25-. The Kier molecular flexibility index (Phi) is 8.99. The summed E-state index contributed by atoms with van der Waals surface area (Å²) in [5.74, 6) is 0. The maximum Gasteiger partial charge on any atom is 0.102 e. The summed E-state index contributed by atoms with van der Waals surface area (Å²) in [4.78, 5) is 0. The molecule has 0 N–H and O–H groups in total. The highest BCUT2D eigenvalue weighted by Crippen LogP contribution is 2.42. The van der Waals surface area contributed by atoms with Crippen LogP contribution in [0.5, 0.6) is 0 Å². The number of aryl methyl sites for hydroxylation is 1. The summed E-state index contributed by atoms with van der Waals surface area (Å²) in [6.45, 7) is 8.65. The SMILES string of the molecule is C/C=C/c1ccc(C(=C(/CC)c2cc(Cl)sc2Cl)/C(C)=C/c2ccccc2CCC)cc1. The molecule has 3 heteroatoms. The first-order valence-corrected chi connectivity index (χ1v) is 12.7. The average molecular weight is 482 g/mol. The van der Waals surface area contributed by atoms with Gasteiger partial charge in [-0.05, 0) is 71.7 Å². The third-order valence-corrected chi connectivity index (χ3v) is 7.02. The molecule has 166 valence electrons. The fraction of sp³-hybridized carbons (Fsp3) is 0.241. The van der Waals surface area contributed by atoms with Crippen molar-refractivity contribution < 1.29 is 0 Å². The monoisotopic (exact) mass is 480 g/mol. The fourth-order valence-electron chi connectivity index (χ4n) is 4.12. The number of thiophene rings is 1. The zero-order valence-electron chi connectivity index (χ0n) is 19.2. The van der Waals surface area contributed by atoms with Gasteiger partial charge in [-0.2, -0.15) is 0 Å². The molecule has 0 amide bonds. The lowest BCUT2D eigenvalue weighted by Crippen LogP contribution is -1.95. The van der Waals surface area contributed by atoms with Crippen LogP contribution in [0.2, 0.25) is 8.67 Å². The second kappa shape index (κ2) is 11.7. The van der Waals surface area contributed by atoms with E-state index in [-0.39, 0.29) is 0 Å². The molecule has 0 atom stereocenters. The van der Waals surface area contributed by atoms with Crippen molar-refractivity contribution in [1.82, 2.24) is 0 Å². The van der Waals surface area contributed by atoms with Gasteiger partial charge in [-0.25, -0.2) is 0 Å². The summed E-state index contributed by atoms with van der Waals surface area (Å²) in [6, 6.07) is 19.4. The van der Waals surface area contributed by atoms with E-state index in [1.54, 1.807) is 0 Å². The highest BCUT2D eigenvalue weighted by atomic mass is 35.5. The van der Waals surface area contributed by atoms with E-state index in [0.717, 1.165) is 29.2 Å². The molecule has 32 heavy (non-hydrogen) atoms. The maximum absolute atomic E-state index is 6.62. The third kappa shape index (κ3) is 5.84. The summed E-state index contributed by atoms with van der Waals surface area (Å²) < 4.78 is 1.46. The molecule has 0 aliphatic carbocycles. The molecule has 0 bridgehead atoms. The van der Waals surface area contributed by atoms with Gasteiger partial charge in [0.25, 0.3) is 0 Å². The minimum atomic E-state index is 0.716. The lowest BCUT2D eigenvalue weighted by Gasteiger charge is -2.17. The Balaban J connectivity index is 2.23. The van der Waals surface area contributed by atoms with Gasteiger partial charge in [-0.1, -0.05) is 110 Å². The van der Waals surface area contributed by atoms with E-state index in [2.05, 4.69) is 87.5 Å². The molecule has 0 saturated carbocycles. The predicted octanol–water partition coefficient (Wildman–Crippen LogP) is 10.5. The van der Waals surface area contributed by atoms with Crippen molar-refractivity contribution in [1.29, 1.82) is 0 Å². The molecule has 0 fully saturated rings. The van der Waals surface area contributed by atoms with E-state index in [1.807, 2.05) is 13.0 Å². The smallest absolute Gasteiger partial charge is 0.102 e. The Labute approximate surface area is 206 Å². The summed E-state index contributed by atoms with van der Waals surface area (Å²) >= 11 is 14.4. The quantitative estimate of drug-likeness (QED) is 0.281. The van der Waals surface area contributed by atoms with Crippen LogP contribution in [0.3, 0.4) is 0 Å². The average Bonchev–Trinajstić information content (AvgIpc) is 3.12. The molecule has 0 spiro atoms. The van der Waals surface area contributed by atoms with Crippen LogP contribution in [0.25, 0.3) is 23.3 Å². The first-order valence-electron chi connectivity index (χ1n) is 11.2. The maximum atomic E-state index is 6.62. The molecule has 1 heterocycles. The molecule has 0 aliphatic heterocycles. The van der Waals surface area contributed by atoms with Crippen molar-refractivity contribution in [2.45, 2.75) is 47.0 Å².